The number of nitrogens with zero attached hydrogens (tertiary/aromatic N) is 1. The average Bonchev–Trinajstić information content (AvgIpc) is 2.82. The Morgan fingerprint density at radius 1 is 1.33 bits per heavy atom. The van der Waals surface area contributed by atoms with Crippen LogP contribution >= 0.6 is 11.3 Å². The molecule has 0 aliphatic heterocycles. The van der Waals surface area contributed by atoms with Crippen molar-refractivity contribution in [3.05, 3.63) is 46.4 Å². The molecule has 1 aromatic carbocycles. The van der Waals surface area contributed by atoms with Crippen LogP contribution in [-0.2, 0) is 0 Å². The van der Waals surface area contributed by atoms with E-state index in [4.69, 9.17) is 4.74 Å². The molecule has 2 rings (SSSR count). The van der Waals surface area contributed by atoms with Gasteiger partial charge in [0.1, 0.15) is 11.4 Å². The number of hydrogen-bond donors (Lipinski definition) is 0. The van der Waals surface area contributed by atoms with E-state index >= 15 is 0 Å². The molecule has 0 amide bonds. The van der Waals surface area contributed by atoms with Gasteiger partial charge in [-0.3, -0.25) is 4.79 Å². The smallest absolute Gasteiger partial charge is 0.212 e. The van der Waals surface area contributed by atoms with Gasteiger partial charge in [-0.2, -0.15) is 0 Å². The normalized spacial score (nSPS) is 9.93. The maximum Gasteiger partial charge on any atom is 0.212 e. The number of ether oxygens (including phenoxy) is 1. The molecule has 0 saturated carbocycles. The first kappa shape index (κ1) is 9.86. The van der Waals surface area contributed by atoms with Crippen LogP contribution < -0.4 is 4.74 Å². The largest absolute Gasteiger partial charge is 0.497 e. The van der Waals surface area contributed by atoms with Crippen molar-refractivity contribution in [3.63, 3.8) is 0 Å². The van der Waals surface area contributed by atoms with Gasteiger partial charge in [0.25, 0.3) is 0 Å². The maximum absolute atomic E-state index is 11.8. The van der Waals surface area contributed by atoms with Crippen molar-refractivity contribution in [1.29, 1.82) is 0 Å². The molecule has 0 radical (unpaired) electrons. The molecule has 0 unspecified atom stereocenters. The summed E-state index contributed by atoms with van der Waals surface area (Å²) in [5.74, 6) is 0.684. The summed E-state index contributed by atoms with van der Waals surface area (Å²) >= 11 is 1.41. The quantitative estimate of drug-likeness (QED) is 0.744. The van der Waals surface area contributed by atoms with Crippen LogP contribution in [0, 0.1) is 0 Å². The van der Waals surface area contributed by atoms with E-state index in [1.165, 1.54) is 11.3 Å². The summed E-state index contributed by atoms with van der Waals surface area (Å²) in [7, 11) is 1.59. The summed E-state index contributed by atoms with van der Waals surface area (Å²) in [5, 5.41) is 1.74. The van der Waals surface area contributed by atoms with Gasteiger partial charge in [-0.25, -0.2) is 4.98 Å². The number of aromatic nitrogens is 1. The van der Waals surface area contributed by atoms with Gasteiger partial charge in [0.05, 0.1) is 12.6 Å². The lowest BCUT2D eigenvalue weighted by molar-refractivity contribution is 0.103. The molecule has 0 N–H and O–H groups in total. The highest BCUT2D eigenvalue weighted by Crippen LogP contribution is 2.14. The second kappa shape index (κ2) is 4.23. The summed E-state index contributed by atoms with van der Waals surface area (Å²) < 4.78 is 5.01. The van der Waals surface area contributed by atoms with Crippen LogP contribution in [0.25, 0.3) is 0 Å². The fraction of sp³-hybridized carbons (Fsp3) is 0.0909. The Morgan fingerprint density at radius 3 is 2.60 bits per heavy atom. The van der Waals surface area contributed by atoms with Crippen molar-refractivity contribution in [1.82, 2.24) is 4.98 Å². The molecule has 3 nitrogen and oxygen atoms in total. The fourth-order valence-corrected chi connectivity index (χ4v) is 1.75. The standard InChI is InChI=1S/C11H9NO2S/c1-14-9-4-2-8(3-5-9)11(13)10-6-15-7-12-10/h2-7H,1H3. The molecule has 0 saturated heterocycles. The zero-order chi connectivity index (χ0) is 10.7. The highest BCUT2D eigenvalue weighted by Gasteiger charge is 2.10. The molecule has 0 spiro atoms. The lowest BCUT2D eigenvalue weighted by Crippen LogP contribution is -2.01. The molecule has 2 aromatic rings. The molecule has 0 bridgehead atoms. The Morgan fingerprint density at radius 2 is 2.07 bits per heavy atom. The second-order valence-corrected chi connectivity index (χ2v) is 3.65. The highest BCUT2D eigenvalue weighted by molar-refractivity contribution is 7.07. The zero-order valence-corrected chi connectivity index (χ0v) is 8.95. The number of carbonyl (C=O) groups excluding carboxylic acids is 1. The minimum Gasteiger partial charge on any atom is -0.497 e. The summed E-state index contributed by atoms with van der Waals surface area (Å²) in [6.07, 6.45) is 0. The van der Waals surface area contributed by atoms with Gasteiger partial charge in [-0.1, -0.05) is 0 Å². The van der Waals surface area contributed by atoms with Crippen molar-refractivity contribution in [3.8, 4) is 5.75 Å². The minimum absolute atomic E-state index is 0.0566. The Hall–Kier alpha value is -1.68. The Balaban J connectivity index is 2.27. The van der Waals surface area contributed by atoms with Crippen LogP contribution in [0.3, 0.4) is 0 Å². The molecular formula is C11H9NO2S. The van der Waals surface area contributed by atoms with Gasteiger partial charge in [0.2, 0.25) is 5.78 Å². The van der Waals surface area contributed by atoms with Crippen molar-refractivity contribution in [2.24, 2.45) is 0 Å². The van der Waals surface area contributed by atoms with E-state index in [1.807, 2.05) is 0 Å². The van der Waals surface area contributed by atoms with Crippen molar-refractivity contribution in [2.75, 3.05) is 7.11 Å². The number of hydrogen-bond acceptors (Lipinski definition) is 4. The van der Waals surface area contributed by atoms with Crippen molar-refractivity contribution in [2.45, 2.75) is 0 Å². The molecule has 0 aliphatic carbocycles. The molecule has 4 heteroatoms. The first-order chi connectivity index (χ1) is 7.31. The molecule has 1 aromatic heterocycles. The van der Waals surface area contributed by atoms with Crippen LogP contribution in [0.4, 0.5) is 0 Å². The van der Waals surface area contributed by atoms with Gasteiger partial charge >= 0.3 is 0 Å². The monoisotopic (exact) mass is 219 g/mol. The zero-order valence-electron chi connectivity index (χ0n) is 8.14. The lowest BCUT2D eigenvalue weighted by Gasteiger charge is -2.00. The molecule has 76 valence electrons. The van der Waals surface area contributed by atoms with Gasteiger partial charge in [-0.05, 0) is 24.3 Å². The van der Waals surface area contributed by atoms with Crippen LogP contribution in [0.15, 0.2) is 35.2 Å². The van der Waals surface area contributed by atoms with E-state index < -0.39 is 0 Å². The molecule has 0 atom stereocenters. The molecule has 0 fully saturated rings. The number of carbonyl (C=O) groups is 1. The Kier molecular flexibility index (Phi) is 2.78. The average molecular weight is 219 g/mol. The predicted octanol–water partition coefficient (Wildman–Crippen LogP) is 2.38. The van der Waals surface area contributed by atoms with Crippen LogP contribution in [0.2, 0.25) is 0 Å². The number of thiazole rings is 1. The number of rotatable bonds is 3. The van der Waals surface area contributed by atoms with Crippen LogP contribution in [0.1, 0.15) is 16.1 Å². The first-order valence-corrected chi connectivity index (χ1v) is 5.32. The SMILES string of the molecule is COc1ccc(C(=O)c2cscn2)cc1. The third-order valence-corrected chi connectivity index (χ3v) is 2.60. The minimum atomic E-state index is -0.0566. The van der Waals surface area contributed by atoms with Gasteiger partial charge in [-0.15, -0.1) is 11.3 Å². The highest BCUT2D eigenvalue weighted by atomic mass is 32.1. The summed E-state index contributed by atoms with van der Waals surface area (Å²) in [6.45, 7) is 0. The second-order valence-electron chi connectivity index (χ2n) is 2.93. The van der Waals surface area contributed by atoms with Gasteiger partial charge in [0.15, 0.2) is 0 Å². The third kappa shape index (κ3) is 2.05. The van der Waals surface area contributed by atoms with E-state index in [1.54, 1.807) is 42.3 Å². The number of benzene rings is 1. The van der Waals surface area contributed by atoms with Crippen LogP contribution in [0.5, 0.6) is 5.75 Å². The Bertz CT molecular complexity index is 448. The Labute approximate surface area is 91.4 Å². The molecular weight excluding hydrogens is 210 g/mol. The lowest BCUT2D eigenvalue weighted by atomic mass is 10.1. The molecule has 15 heavy (non-hydrogen) atoms. The van der Waals surface area contributed by atoms with E-state index in [0.29, 0.717) is 11.3 Å². The number of methoxy groups -OCH3 is 1. The third-order valence-electron chi connectivity index (χ3n) is 2.02. The topological polar surface area (TPSA) is 39.2 Å². The van der Waals surface area contributed by atoms with E-state index in [9.17, 15) is 4.79 Å². The maximum atomic E-state index is 11.8. The molecule has 1 heterocycles. The van der Waals surface area contributed by atoms with E-state index in [2.05, 4.69) is 4.98 Å². The molecule has 0 aliphatic rings. The van der Waals surface area contributed by atoms with Crippen molar-refractivity contribution < 1.29 is 9.53 Å². The fourth-order valence-electron chi connectivity index (χ4n) is 1.21. The van der Waals surface area contributed by atoms with E-state index in [-0.39, 0.29) is 5.78 Å². The van der Waals surface area contributed by atoms with Crippen LogP contribution in [-0.4, -0.2) is 17.9 Å². The summed E-state index contributed by atoms with van der Waals surface area (Å²) in [4.78, 5) is 15.8. The first-order valence-electron chi connectivity index (χ1n) is 4.38. The van der Waals surface area contributed by atoms with Crippen molar-refractivity contribution >= 4 is 17.1 Å². The van der Waals surface area contributed by atoms with Gasteiger partial charge in [0, 0.05) is 10.9 Å². The van der Waals surface area contributed by atoms with E-state index in [0.717, 1.165) is 5.75 Å². The predicted molar refractivity (Wildman–Crippen MR) is 58.5 cm³/mol. The summed E-state index contributed by atoms with van der Waals surface area (Å²) in [5.41, 5.74) is 2.77. The van der Waals surface area contributed by atoms with Gasteiger partial charge < -0.3 is 4.74 Å². The number of ketones is 1. The summed E-state index contributed by atoms with van der Waals surface area (Å²) in [6, 6.07) is 7.00.